The third-order valence-electron chi connectivity index (χ3n) is 3.76. The monoisotopic (exact) mass is 349 g/mol. The summed E-state index contributed by atoms with van der Waals surface area (Å²) in [5.41, 5.74) is 3.50. The molecular formula is C20H19N3O3. The summed E-state index contributed by atoms with van der Waals surface area (Å²) in [4.78, 5) is 23.9. The number of allylic oxidation sites excluding steroid dienone is 1. The molecule has 0 spiro atoms. The number of H-pyrrole nitrogens is 1. The molecule has 0 amide bonds. The fraction of sp³-hybridized carbons (Fsp3) is 0.150. The van der Waals surface area contributed by atoms with E-state index in [1.807, 2.05) is 48.5 Å². The van der Waals surface area contributed by atoms with Crippen molar-refractivity contribution in [1.29, 1.82) is 0 Å². The predicted octanol–water partition coefficient (Wildman–Crippen LogP) is 4.33. The van der Waals surface area contributed by atoms with Gasteiger partial charge in [-0.05, 0) is 50.2 Å². The van der Waals surface area contributed by atoms with Crippen LogP contribution in [0.4, 0.5) is 5.69 Å². The molecule has 6 nitrogen and oxygen atoms in total. The van der Waals surface area contributed by atoms with Crippen molar-refractivity contribution in [3.63, 3.8) is 0 Å². The number of rotatable bonds is 5. The van der Waals surface area contributed by atoms with Crippen LogP contribution in [0.2, 0.25) is 0 Å². The summed E-state index contributed by atoms with van der Waals surface area (Å²) in [5.74, 6) is 0.0429. The van der Waals surface area contributed by atoms with Crippen LogP contribution in [0.15, 0.2) is 64.9 Å². The second-order valence-corrected chi connectivity index (χ2v) is 5.63. The molecule has 0 radical (unpaired) electrons. The molecule has 0 saturated heterocycles. The van der Waals surface area contributed by atoms with Gasteiger partial charge in [-0.15, -0.1) is 0 Å². The van der Waals surface area contributed by atoms with Crippen LogP contribution >= 0.6 is 0 Å². The second kappa shape index (κ2) is 7.65. The zero-order valence-corrected chi connectivity index (χ0v) is 14.6. The molecule has 6 heteroatoms. The van der Waals surface area contributed by atoms with Crippen molar-refractivity contribution in [3.05, 3.63) is 59.9 Å². The van der Waals surface area contributed by atoms with Gasteiger partial charge in [0.25, 0.3) is 0 Å². The van der Waals surface area contributed by atoms with Gasteiger partial charge in [0.2, 0.25) is 0 Å². The molecule has 0 atom stereocenters. The van der Waals surface area contributed by atoms with E-state index in [0.29, 0.717) is 5.69 Å². The molecule has 0 fully saturated rings. The van der Waals surface area contributed by atoms with Crippen molar-refractivity contribution >= 4 is 28.9 Å². The molecule has 2 N–H and O–H groups in total. The summed E-state index contributed by atoms with van der Waals surface area (Å²) in [5, 5.41) is 9.62. The first-order valence-electron chi connectivity index (χ1n) is 8.24. The summed E-state index contributed by atoms with van der Waals surface area (Å²) in [6.45, 7) is 3.36. The largest absolute Gasteiger partial charge is 0.512 e. The summed E-state index contributed by atoms with van der Waals surface area (Å²) < 4.78 is 4.90. The highest BCUT2D eigenvalue weighted by Gasteiger charge is 2.12. The quantitative estimate of drug-likeness (QED) is 0.311. The van der Waals surface area contributed by atoms with Gasteiger partial charge in [-0.2, -0.15) is 0 Å². The first-order valence-corrected chi connectivity index (χ1v) is 8.24. The highest BCUT2D eigenvalue weighted by Crippen LogP contribution is 2.23. The van der Waals surface area contributed by atoms with Crippen LogP contribution in [0.5, 0.6) is 0 Å². The number of ether oxygens (including phenoxy) is 1. The Kier molecular flexibility index (Phi) is 5.12. The third-order valence-corrected chi connectivity index (χ3v) is 3.76. The van der Waals surface area contributed by atoms with Gasteiger partial charge in [0.1, 0.15) is 17.2 Å². The van der Waals surface area contributed by atoms with Crippen LogP contribution in [0, 0.1) is 0 Å². The molecule has 3 aromatic rings. The summed E-state index contributed by atoms with van der Waals surface area (Å²) >= 11 is 0. The molecule has 1 heterocycles. The molecule has 3 rings (SSSR count). The molecule has 26 heavy (non-hydrogen) atoms. The summed E-state index contributed by atoms with van der Waals surface area (Å²) in [6.07, 6.45) is 1.31. The van der Waals surface area contributed by atoms with Gasteiger partial charge < -0.3 is 14.8 Å². The number of hydrogen-bond donors (Lipinski definition) is 2. The Bertz CT molecular complexity index is 948. The Morgan fingerprint density at radius 2 is 1.96 bits per heavy atom. The lowest BCUT2D eigenvalue weighted by molar-refractivity contribution is -0.138. The van der Waals surface area contributed by atoms with Crippen molar-refractivity contribution in [2.45, 2.75) is 13.8 Å². The zero-order chi connectivity index (χ0) is 18.5. The van der Waals surface area contributed by atoms with E-state index in [9.17, 15) is 9.90 Å². The van der Waals surface area contributed by atoms with Crippen molar-refractivity contribution in [1.82, 2.24) is 9.97 Å². The number of nitrogens with one attached hydrogen (secondary N) is 1. The van der Waals surface area contributed by atoms with E-state index in [4.69, 9.17) is 4.74 Å². The van der Waals surface area contributed by atoms with E-state index in [-0.39, 0.29) is 17.9 Å². The highest BCUT2D eigenvalue weighted by molar-refractivity contribution is 6.10. The number of nitrogens with zero attached hydrogens (tertiary/aromatic N) is 2. The Hall–Kier alpha value is -3.41. The van der Waals surface area contributed by atoms with Crippen LogP contribution in [0.3, 0.4) is 0 Å². The van der Waals surface area contributed by atoms with Gasteiger partial charge >= 0.3 is 5.97 Å². The topological polar surface area (TPSA) is 87.6 Å². The molecule has 132 valence electrons. The molecule has 0 unspecified atom stereocenters. The van der Waals surface area contributed by atoms with Gasteiger partial charge in [-0.25, -0.2) is 9.78 Å². The Balaban J connectivity index is 1.81. The van der Waals surface area contributed by atoms with Crippen molar-refractivity contribution in [2.75, 3.05) is 6.61 Å². The average Bonchev–Trinajstić information content (AvgIpc) is 3.06. The molecule has 0 aliphatic rings. The first kappa shape index (κ1) is 17.4. The number of aliphatic imine (C=N–C) groups is 1. The minimum atomic E-state index is -0.602. The Morgan fingerprint density at radius 3 is 2.62 bits per heavy atom. The van der Waals surface area contributed by atoms with E-state index in [2.05, 4.69) is 15.0 Å². The van der Waals surface area contributed by atoms with E-state index in [0.717, 1.165) is 22.4 Å². The lowest BCUT2D eigenvalue weighted by Crippen LogP contribution is -2.10. The summed E-state index contributed by atoms with van der Waals surface area (Å²) in [7, 11) is 0. The van der Waals surface area contributed by atoms with Crippen LogP contribution in [0.25, 0.3) is 22.4 Å². The number of benzene rings is 2. The van der Waals surface area contributed by atoms with Gasteiger partial charge in [-0.3, -0.25) is 4.99 Å². The molecule has 0 saturated carbocycles. The highest BCUT2D eigenvalue weighted by atomic mass is 16.5. The lowest BCUT2D eigenvalue weighted by atomic mass is 10.2. The standard InChI is InChI=1S/C20H19N3O3/c1-3-26-20(25)16(13(2)24)12-21-15-10-8-14(9-11-15)19-22-17-6-4-5-7-18(17)23-19/h4-12,24H,3H2,1-2H3,(H,22,23)/b16-13-,21-12?. The number of hydrogen-bond acceptors (Lipinski definition) is 5. The van der Waals surface area contributed by atoms with Crippen LogP contribution in [0.1, 0.15) is 13.8 Å². The fourth-order valence-electron chi connectivity index (χ4n) is 2.44. The lowest BCUT2D eigenvalue weighted by Gasteiger charge is -2.03. The minimum absolute atomic E-state index is 0.0354. The maximum atomic E-state index is 11.8. The molecular weight excluding hydrogens is 330 g/mol. The van der Waals surface area contributed by atoms with Crippen molar-refractivity contribution in [2.24, 2.45) is 4.99 Å². The number of aromatic amines is 1. The van der Waals surface area contributed by atoms with E-state index in [1.54, 1.807) is 6.92 Å². The van der Waals surface area contributed by atoms with Gasteiger partial charge in [0.15, 0.2) is 0 Å². The number of esters is 1. The molecule has 2 aromatic carbocycles. The molecule has 0 bridgehead atoms. The Labute approximate surface area is 150 Å². The number of carbonyl (C=O) groups excluding carboxylic acids is 1. The number of imidazole rings is 1. The maximum absolute atomic E-state index is 11.8. The van der Waals surface area contributed by atoms with E-state index in [1.165, 1.54) is 13.1 Å². The molecule has 0 aliphatic carbocycles. The second-order valence-electron chi connectivity index (χ2n) is 5.63. The number of aromatic nitrogens is 2. The first-order chi connectivity index (χ1) is 12.6. The van der Waals surface area contributed by atoms with Gasteiger partial charge in [0.05, 0.1) is 23.3 Å². The maximum Gasteiger partial charge on any atom is 0.343 e. The van der Waals surface area contributed by atoms with Crippen molar-refractivity contribution in [3.8, 4) is 11.4 Å². The molecule has 0 aliphatic heterocycles. The normalized spacial score (nSPS) is 12.4. The number of carbonyl (C=O) groups is 1. The Morgan fingerprint density at radius 1 is 1.23 bits per heavy atom. The third kappa shape index (κ3) is 3.80. The zero-order valence-electron chi connectivity index (χ0n) is 14.6. The average molecular weight is 349 g/mol. The SMILES string of the molecule is CCOC(=O)/C(C=Nc1ccc(-c2nc3ccccc3[nH]2)cc1)=C(/C)O. The van der Waals surface area contributed by atoms with E-state index >= 15 is 0 Å². The predicted molar refractivity (Wildman–Crippen MR) is 102 cm³/mol. The number of aliphatic hydroxyl groups excluding tert-OH is 1. The fourth-order valence-corrected chi connectivity index (χ4v) is 2.44. The van der Waals surface area contributed by atoms with Crippen molar-refractivity contribution < 1.29 is 14.6 Å². The van der Waals surface area contributed by atoms with Crippen LogP contribution in [-0.2, 0) is 9.53 Å². The van der Waals surface area contributed by atoms with E-state index < -0.39 is 5.97 Å². The number of para-hydroxylation sites is 2. The number of aliphatic hydroxyl groups is 1. The summed E-state index contributed by atoms with van der Waals surface area (Å²) in [6, 6.07) is 15.2. The molecule has 1 aromatic heterocycles. The smallest absolute Gasteiger partial charge is 0.343 e. The van der Waals surface area contributed by atoms with Crippen LogP contribution < -0.4 is 0 Å². The van der Waals surface area contributed by atoms with Crippen LogP contribution in [-0.4, -0.2) is 33.9 Å². The van der Waals surface area contributed by atoms with Gasteiger partial charge in [0, 0.05) is 11.8 Å². The van der Waals surface area contributed by atoms with Gasteiger partial charge in [-0.1, -0.05) is 12.1 Å². The number of fused-ring (bicyclic) bond motifs is 1. The minimum Gasteiger partial charge on any atom is -0.512 e.